The second-order valence-electron chi connectivity index (χ2n) is 5.95. The van der Waals surface area contributed by atoms with E-state index < -0.39 is 0 Å². The second-order valence-corrected chi connectivity index (χ2v) is 5.95. The van der Waals surface area contributed by atoms with E-state index in [1.807, 2.05) is 12.1 Å². The molecule has 0 spiro atoms. The average Bonchev–Trinajstić information content (AvgIpc) is 2.49. The van der Waals surface area contributed by atoms with Gasteiger partial charge in [-0.3, -0.25) is 4.90 Å². The fraction of sp³-hybridized carbons (Fsp3) is 0.368. The lowest BCUT2D eigenvalue weighted by Crippen LogP contribution is -2.34. The first-order valence-electron chi connectivity index (χ1n) is 7.63. The lowest BCUT2D eigenvalue weighted by atomic mass is 10.1. The Balaban J connectivity index is 2.06. The van der Waals surface area contributed by atoms with E-state index in [1.165, 1.54) is 11.1 Å². The van der Waals surface area contributed by atoms with E-state index in [0.717, 1.165) is 13.1 Å². The highest BCUT2D eigenvalue weighted by molar-refractivity contribution is 5.17. The first-order chi connectivity index (χ1) is 10.1. The lowest BCUT2D eigenvalue weighted by Gasteiger charge is -2.27. The van der Waals surface area contributed by atoms with Crippen LogP contribution in [0.15, 0.2) is 60.7 Å². The minimum Gasteiger partial charge on any atom is -0.392 e. The smallest absolute Gasteiger partial charge is 0.0690 e. The largest absolute Gasteiger partial charge is 0.392 e. The van der Waals surface area contributed by atoms with Gasteiger partial charge in [0.15, 0.2) is 0 Å². The summed E-state index contributed by atoms with van der Waals surface area (Å²) >= 11 is 0. The van der Waals surface area contributed by atoms with Crippen LogP contribution in [0, 0.1) is 5.92 Å². The van der Waals surface area contributed by atoms with E-state index in [9.17, 15) is 5.11 Å². The van der Waals surface area contributed by atoms with E-state index in [1.54, 1.807) is 0 Å². The van der Waals surface area contributed by atoms with Crippen LogP contribution < -0.4 is 0 Å². The molecule has 0 aliphatic heterocycles. The van der Waals surface area contributed by atoms with Crippen molar-refractivity contribution in [3.63, 3.8) is 0 Å². The molecule has 0 saturated carbocycles. The molecule has 1 atom stereocenters. The molecule has 21 heavy (non-hydrogen) atoms. The van der Waals surface area contributed by atoms with Gasteiger partial charge >= 0.3 is 0 Å². The van der Waals surface area contributed by atoms with Gasteiger partial charge in [-0.15, -0.1) is 0 Å². The van der Waals surface area contributed by atoms with E-state index >= 15 is 0 Å². The van der Waals surface area contributed by atoms with Gasteiger partial charge < -0.3 is 5.11 Å². The molecule has 0 aliphatic carbocycles. The van der Waals surface area contributed by atoms with Gasteiger partial charge in [0.25, 0.3) is 0 Å². The highest BCUT2D eigenvalue weighted by Gasteiger charge is 2.15. The Bertz CT molecular complexity index is 468. The molecule has 1 N–H and O–H groups in total. The van der Waals surface area contributed by atoms with Gasteiger partial charge in [-0.05, 0) is 17.0 Å². The van der Waals surface area contributed by atoms with Gasteiger partial charge in [-0.2, -0.15) is 0 Å². The molecule has 0 fully saturated rings. The fourth-order valence-electron chi connectivity index (χ4n) is 2.34. The van der Waals surface area contributed by atoms with Gasteiger partial charge in [0.1, 0.15) is 0 Å². The molecule has 2 rings (SSSR count). The quantitative estimate of drug-likeness (QED) is 0.837. The second kappa shape index (κ2) is 7.96. The van der Waals surface area contributed by atoms with Crippen LogP contribution >= 0.6 is 0 Å². The Morgan fingerprint density at radius 1 is 0.810 bits per heavy atom. The molecule has 2 nitrogen and oxygen atoms in total. The van der Waals surface area contributed by atoms with Crippen molar-refractivity contribution in [2.75, 3.05) is 6.54 Å². The Morgan fingerprint density at radius 2 is 1.24 bits per heavy atom. The highest BCUT2D eigenvalue weighted by Crippen LogP contribution is 2.13. The zero-order valence-electron chi connectivity index (χ0n) is 12.9. The molecule has 0 radical (unpaired) electrons. The van der Waals surface area contributed by atoms with Crippen LogP contribution in [-0.4, -0.2) is 22.7 Å². The Kier molecular flexibility index (Phi) is 5.97. The highest BCUT2D eigenvalue weighted by atomic mass is 16.3. The molecule has 0 unspecified atom stereocenters. The predicted molar refractivity (Wildman–Crippen MR) is 87.8 cm³/mol. The van der Waals surface area contributed by atoms with Crippen molar-refractivity contribution < 1.29 is 5.11 Å². The van der Waals surface area contributed by atoms with E-state index in [-0.39, 0.29) is 12.0 Å². The number of hydrogen-bond donors (Lipinski definition) is 1. The normalized spacial score (nSPS) is 12.8. The van der Waals surface area contributed by atoms with Crippen molar-refractivity contribution in [3.05, 3.63) is 71.8 Å². The number of rotatable bonds is 7. The zero-order valence-corrected chi connectivity index (χ0v) is 12.9. The molecule has 2 aromatic rings. The van der Waals surface area contributed by atoms with Crippen molar-refractivity contribution in [1.29, 1.82) is 0 Å². The van der Waals surface area contributed by atoms with Crippen LogP contribution in [0.3, 0.4) is 0 Å². The third kappa shape index (κ3) is 5.33. The summed E-state index contributed by atoms with van der Waals surface area (Å²) < 4.78 is 0. The minimum absolute atomic E-state index is 0.277. The summed E-state index contributed by atoms with van der Waals surface area (Å²) in [5.41, 5.74) is 2.56. The van der Waals surface area contributed by atoms with Crippen LogP contribution in [0.2, 0.25) is 0 Å². The summed E-state index contributed by atoms with van der Waals surface area (Å²) in [6, 6.07) is 20.9. The van der Waals surface area contributed by atoms with E-state index in [4.69, 9.17) is 0 Å². The van der Waals surface area contributed by atoms with Crippen molar-refractivity contribution in [3.8, 4) is 0 Å². The number of aliphatic hydroxyl groups excluding tert-OH is 1. The molecule has 0 aliphatic rings. The van der Waals surface area contributed by atoms with Crippen LogP contribution in [0.1, 0.15) is 25.0 Å². The van der Waals surface area contributed by atoms with Crippen molar-refractivity contribution in [1.82, 2.24) is 4.90 Å². The van der Waals surface area contributed by atoms with Crippen LogP contribution in [-0.2, 0) is 13.1 Å². The maximum atomic E-state index is 10.2. The third-order valence-corrected chi connectivity index (χ3v) is 3.71. The number of hydrogen-bond acceptors (Lipinski definition) is 2. The summed E-state index contributed by atoms with van der Waals surface area (Å²) in [6.45, 7) is 6.54. The molecule has 2 heteroatoms. The van der Waals surface area contributed by atoms with Crippen molar-refractivity contribution in [2.24, 2.45) is 5.92 Å². The minimum atomic E-state index is -0.294. The summed E-state index contributed by atoms with van der Waals surface area (Å²) in [7, 11) is 0. The topological polar surface area (TPSA) is 23.5 Å². The summed E-state index contributed by atoms with van der Waals surface area (Å²) in [5, 5.41) is 10.2. The van der Waals surface area contributed by atoms with Crippen LogP contribution in [0.25, 0.3) is 0 Å². The van der Waals surface area contributed by atoms with Crippen molar-refractivity contribution in [2.45, 2.75) is 33.0 Å². The molecule has 0 amide bonds. The molecule has 0 heterocycles. The Labute approximate surface area is 128 Å². The Morgan fingerprint density at radius 3 is 1.62 bits per heavy atom. The van der Waals surface area contributed by atoms with Gasteiger partial charge in [0.05, 0.1) is 6.10 Å². The third-order valence-electron chi connectivity index (χ3n) is 3.71. The number of aliphatic hydroxyl groups is 1. The number of benzene rings is 2. The van der Waals surface area contributed by atoms with Gasteiger partial charge in [-0.25, -0.2) is 0 Å². The average molecular weight is 283 g/mol. The van der Waals surface area contributed by atoms with Gasteiger partial charge in [0.2, 0.25) is 0 Å². The Hall–Kier alpha value is -1.64. The predicted octanol–water partition coefficient (Wildman–Crippen LogP) is 3.71. The maximum Gasteiger partial charge on any atom is 0.0690 e. The molecule has 0 bridgehead atoms. The van der Waals surface area contributed by atoms with Gasteiger partial charge in [0, 0.05) is 19.6 Å². The molecule has 0 aromatic heterocycles. The van der Waals surface area contributed by atoms with E-state index in [0.29, 0.717) is 6.54 Å². The fourth-order valence-corrected chi connectivity index (χ4v) is 2.34. The lowest BCUT2D eigenvalue weighted by molar-refractivity contribution is 0.0699. The summed E-state index contributed by atoms with van der Waals surface area (Å²) in [6.07, 6.45) is -0.294. The molecular weight excluding hydrogens is 258 g/mol. The summed E-state index contributed by atoms with van der Waals surface area (Å²) in [4.78, 5) is 2.31. The number of nitrogens with zero attached hydrogens (tertiary/aromatic N) is 1. The van der Waals surface area contributed by atoms with Crippen LogP contribution in [0.5, 0.6) is 0 Å². The standard InChI is InChI=1S/C19H25NO/c1-16(2)19(21)15-20(13-17-9-5-3-6-10-17)14-18-11-7-4-8-12-18/h3-12,16,19,21H,13-15H2,1-2H3/t19-/m0/s1. The zero-order chi connectivity index (χ0) is 15.1. The van der Waals surface area contributed by atoms with Gasteiger partial charge in [-0.1, -0.05) is 74.5 Å². The SMILES string of the molecule is CC(C)[C@@H](O)CN(Cc1ccccc1)Cc1ccccc1. The molecule has 0 saturated heterocycles. The first kappa shape index (κ1) is 15.7. The van der Waals surface area contributed by atoms with Crippen molar-refractivity contribution >= 4 is 0 Å². The monoisotopic (exact) mass is 283 g/mol. The molecular formula is C19H25NO. The molecule has 112 valence electrons. The first-order valence-corrected chi connectivity index (χ1v) is 7.63. The van der Waals surface area contributed by atoms with E-state index in [2.05, 4.69) is 67.3 Å². The molecule has 2 aromatic carbocycles. The van der Waals surface area contributed by atoms with Crippen LogP contribution in [0.4, 0.5) is 0 Å². The summed E-state index contributed by atoms with van der Waals surface area (Å²) in [5.74, 6) is 0.277. The maximum absolute atomic E-state index is 10.2.